The number of carbonyl (C=O) groups is 1. The average molecular weight is 275 g/mol. The second-order valence-electron chi connectivity index (χ2n) is 4.40. The van der Waals surface area contributed by atoms with Crippen molar-refractivity contribution in [2.24, 2.45) is 0 Å². The Morgan fingerprint density at radius 3 is 2.79 bits per heavy atom. The highest BCUT2D eigenvalue weighted by Gasteiger charge is 2.11. The number of nitrogens with one attached hydrogen (secondary N) is 1. The number of aryl methyl sites for hydroxylation is 1. The minimum Gasteiger partial charge on any atom is -0.399 e. The number of hydrogen-bond donors (Lipinski definition) is 2. The van der Waals surface area contributed by atoms with Crippen molar-refractivity contribution in [1.29, 1.82) is 0 Å². The van der Waals surface area contributed by atoms with E-state index >= 15 is 0 Å². The molecule has 5 heteroatoms. The first kappa shape index (κ1) is 13.5. The molecule has 2 aromatic rings. The minimum absolute atomic E-state index is 0.0288. The lowest BCUT2D eigenvalue weighted by Gasteiger charge is -2.11. The van der Waals surface area contributed by atoms with E-state index in [1.165, 1.54) is 0 Å². The van der Waals surface area contributed by atoms with Gasteiger partial charge in [-0.1, -0.05) is 12.1 Å². The normalized spacial score (nSPS) is 12.1. The summed E-state index contributed by atoms with van der Waals surface area (Å²) in [6.07, 6.45) is 2.94. The molecule has 0 saturated heterocycles. The maximum Gasteiger partial charge on any atom is 0.220 e. The zero-order chi connectivity index (χ0) is 13.7. The van der Waals surface area contributed by atoms with Crippen LogP contribution in [0.3, 0.4) is 0 Å². The second-order valence-corrected chi connectivity index (χ2v) is 5.33. The molecule has 4 nitrogen and oxygen atoms in total. The van der Waals surface area contributed by atoms with E-state index in [9.17, 15) is 4.79 Å². The summed E-state index contributed by atoms with van der Waals surface area (Å²) in [7, 11) is 0. The lowest BCUT2D eigenvalue weighted by Crippen LogP contribution is -2.26. The van der Waals surface area contributed by atoms with E-state index in [4.69, 9.17) is 5.73 Å². The smallest absolute Gasteiger partial charge is 0.220 e. The largest absolute Gasteiger partial charge is 0.399 e. The van der Waals surface area contributed by atoms with Crippen LogP contribution in [0.4, 0.5) is 5.69 Å². The van der Waals surface area contributed by atoms with Crippen LogP contribution in [-0.2, 0) is 11.2 Å². The van der Waals surface area contributed by atoms with Crippen molar-refractivity contribution >= 4 is 22.9 Å². The lowest BCUT2D eigenvalue weighted by molar-refractivity contribution is -0.121. The number of nitrogen functional groups attached to an aromatic ring is 1. The summed E-state index contributed by atoms with van der Waals surface area (Å²) in [5.41, 5.74) is 7.48. The summed E-state index contributed by atoms with van der Waals surface area (Å²) >= 11 is 1.55. The van der Waals surface area contributed by atoms with Crippen LogP contribution in [0.15, 0.2) is 35.8 Å². The van der Waals surface area contributed by atoms with Crippen molar-refractivity contribution < 1.29 is 4.79 Å². The van der Waals surface area contributed by atoms with Gasteiger partial charge in [0.25, 0.3) is 0 Å². The number of carbonyl (C=O) groups excluding carboxylic acids is 1. The van der Waals surface area contributed by atoms with Gasteiger partial charge in [-0.05, 0) is 31.0 Å². The number of nitrogens with zero attached hydrogens (tertiary/aromatic N) is 1. The quantitative estimate of drug-likeness (QED) is 0.824. The molecule has 0 fully saturated rings. The third-order valence-electron chi connectivity index (χ3n) is 2.82. The van der Waals surface area contributed by atoms with E-state index in [1.54, 1.807) is 17.5 Å². The molecule has 1 amide bonds. The van der Waals surface area contributed by atoms with Crippen molar-refractivity contribution in [3.8, 4) is 0 Å². The van der Waals surface area contributed by atoms with E-state index in [1.807, 2.05) is 36.6 Å². The van der Waals surface area contributed by atoms with Gasteiger partial charge < -0.3 is 11.1 Å². The molecular weight excluding hydrogens is 258 g/mol. The third-order valence-corrected chi connectivity index (χ3v) is 3.78. The summed E-state index contributed by atoms with van der Waals surface area (Å²) in [6, 6.07) is 7.58. The topological polar surface area (TPSA) is 68.0 Å². The minimum atomic E-state index is -0.0288. The SMILES string of the molecule is CC(NC(=O)CCc1ccc(N)cc1)c1nccs1. The molecular formula is C14H17N3OS. The predicted molar refractivity (Wildman–Crippen MR) is 77.8 cm³/mol. The summed E-state index contributed by atoms with van der Waals surface area (Å²) in [5, 5.41) is 5.79. The zero-order valence-electron chi connectivity index (χ0n) is 10.8. The number of amides is 1. The molecule has 2 rings (SSSR count). The van der Waals surface area contributed by atoms with Gasteiger partial charge in [-0.3, -0.25) is 4.79 Å². The van der Waals surface area contributed by atoms with Gasteiger partial charge in [0.05, 0.1) is 6.04 Å². The van der Waals surface area contributed by atoms with Crippen LogP contribution in [0.5, 0.6) is 0 Å². The molecule has 1 atom stereocenters. The van der Waals surface area contributed by atoms with Gasteiger partial charge in [0.1, 0.15) is 5.01 Å². The number of rotatable bonds is 5. The molecule has 3 N–H and O–H groups in total. The monoisotopic (exact) mass is 275 g/mol. The number of benzene rings is 1. The Morgan fingerprint density at radius 2 is 2.16 bits per heavy atom. The molecule has 0 aliphatic rings. The molecule has 1 unspecified atom stereocenters. The second kappa shape index (κ2) is 6.33. The molecule has 1 aromatic carbocycles. The molecule has 0 spiro atoms. The van der Waals surface area contributed by atoms with Crippen LogP contribution in [0.1, 0.15) is 30.0 Å². The van der Waals surface area contributed by atoms with Crippen molar-refractivity contribution in [3.05, 3.63) is 46.4 Å². The highest BCUT2D eigenvalue weighted by atomic mass is 32.1. The predicted octanol–water partition coefficient (Wildman–Crippen LogP) is 2.54. The number of nitrogens with two attached hydrogens (primary N) is 1. The van der Waals surface area contributed by atoms with Gasteiger partial charge in [-0.15, -0.1) is 11.3 Å². The van der Waals surface area contributed by atoms with Crippen LogP contribution in [0.25, 0.3) is 0 Å². The first-order chi connectivity index (χ1) is 9.15. The van der Waals surface area contributed by atoms with E-state index in [0.29, 0.717) is 6.42 Å². The number of aromatic nitrogens is 1. The maximum absolute atomic E-state index is 11.8. The van der Waals surface area contributed by atoms with Gasteiger partial charge in [-0.2, -0.15) is 0 Å². The Labute approximate surface area is 116 Å². The van der Waals surface area contributed by atoms with Crippen LogP contribution in [-0.4, -0.2) is 10.9 Å². The Bertz CT molecular complexity index is 522. The fraction of sp³-hybridized carbons (Fsp3) is 0.286. The van der Waals surface area contributed by atoms with Crippen LogP contribution in [0.2, 0.25) is 0 Å². The van der Waals surface area contributed by atoms with Crippen molar-refractivity contribution in [2.45, 2.75) is 25.8 Å². The molecule has 19 heavy (non-hydrogen) atoms. The van der Waals surface area contributed by atoms with Gasteiger partial charge in [0.15, 0.2) is 0 Å². The molecule has 1 aromatic heterocycles. The van der Waals surface area contributed by atoms with E-state index < -0.39 is 0 Å². The molecule has 100 valence electrons. The fourth-order valence-corrected chi connectivity index (χ4v) is 2.41. The van der Waals surface area contributed by atoms with Gasteiger partial charge in [0.2, 0.25) is 5.91 Å². The van der Waals surface area contributed by atoms with Crippen LogP contribution in [0, 0.1) is 0 Å². The Morgan fingerprint density at radius 1 is 1.42 bits per heavy atom. The van der Waals surface area contributed by atoms with Crippen molar-refractivity contribution in [3.63, 3.8) is 0 Å². The lowest BCUT2D eigenvalue weighted by atomic mass is 10.1. The fourth-order valence-electron chi connectivity index (χ4n) is 1.77. The molecule has 0 bridgehead atoms. The maximum atomic E-state index is 11.8. The Hall–Kier alpha value is -1.88. The number of thiazole rings is 1. The van der Waals surface area contributed by atoms with Gasteiger partial charge in [0, 0.05) is 23.7 Å². The summed E-state index contributed by atoms with van der Waals surface area (Å²) in [5.74, 6) is 0.0412. The van der Waals surface area contributed by atoms with E-state index in [0.717, 1.165) is 22.7 Å². The average Bonchev–Trinajstić information content (AvgIpc) is 2.92. The van der Waals surface area contributed by atoms with Crippen molar-refractivity contribution in [2.75, 3.05) is 5.73 Å². The third kappa shape index (κ3) is 4.06. The van der Waals surface area contributed by atoms with Crippen LogP contribution < -0.4 is 11.1 Å². The molecule has 0 aliphatic carbocycles. The highest BCUT2D eigenvalue weighted by Crippen LogP contribution is 2.15. The first-order valence-electron chi connectivity index (χ1n) is 6.18. The number of hydrogen-bond acceptors (Lipinski definition) is 4. The van der Waals surface area contributed by atoms with Gasteiger partial charge >= 0.3 is 0 Å². The van der Waals surface area contributed by atoms with Gasteiger partial charge in [-0.25, -0.2) is 4.98 Å². The van der Waals surface area contributed by atoms with Crippen LogP contribution >= 0.6 is 11.3 Å². The zero-order valence-corrected chi connectivity index (χ0v) is 11.6. The first-order valence-corrected chi connectivity index (χ1v) is 7.06. The van der Waals surface area contributed by atoms with E-state index in [2.05, 4.69) is 10.3 Å². The molecule has 1 heterocycles. The standard InChI is InChI=1S/C14H17N3OS/c1-10(14-16-8-9-19-14)17-13(18)7-4-11-2-5-12(15)6-3-11/h2-3,5-6,8-10H,4,7,15H2,1H3,(H,17,18). The highest BCUT2D eigenvalue weighted by molar-refractivity contribution is 7.09. The summed E-state index contributed by atoms with van der Waals surface area (Å²) in [6.45, 7) is 1.94. The molecule has 0 saturated carbocycles. The Balaban J connectivity index is 1.80. The van der Waals surface area contributed by atoms with Crippen molar-refractivity contribution in [1.82, 2.24) is 10.3 Å². The summed E-state index contributed by atoms with van der Waals surface area (Å²) in [4.78, 5) is 16.0. The summed E-state index contributed by atoms with van der Waals surface area (Å²) < 4.78 is 0. The Kier molecular flexibility index (Phi) is 4.52. The molecule has 0 radical (unpaired) electrons. The van der Waals surface area contributed by atoms with E-state index in [-0.39, 0.29) is 11.9 Å². The number of anilines is 1. The molecule has 0 aliphatic heterocycles.